The van der Waals surface area contributed by atoms with E-state index in [-0.39, 0.29) is 17.5 Å². The summed E-state index contributed by atoms with van der Waals surface area (Å²) < 4.78 is 39.9. The SMILES string of the molecule is CCN(c1ccc(C#N)c(C(F)(F)F)c1)C1CCCC(c2c[nH]nn2)C1. The molecule has 8 heteroatoms. The highest BCUT2D eigenvalue weighted by Gasteiger charge is 2.35. The summed E-state index contributed by atoms with van der Waals surface area (Å²) in [5.74, 6) is 0.252. The molecule has 1 fully saturated rings. The lowest BCUT2D eigenvalue weighted by molar-refractivity contribution is -0.137. The molecule has 1 aromatic carbocycles. The summed E-state index contributed by atoms with van der Waals surface area (Å²) in [5, 5.41) is 19.6. The van der Waals surface area contributed by atoms with Gasteiger partial charge in [-0.3, -0.25) is 5.10 Å². The topological polar surface area (TPSA) is 68.6 Å². The molecule has 1 aromatic heterocycles. The van der Waals surface area contributed by atoms with Gasteiger partial charge in [-0.15, -0.1) is 5.10 Å². The summed E-state index contributed by atoms with van der Waals surface area (Å²) >= 11 is 0. The van der Waals surface area contributed by atoms with Gasteiger partial charge in [-0.05, 0) is 44.4 Å². The number of rotatable bonds is 4. The number of halogens is 3. The fraction of sp³-hybridized carbons (Fsp3) is 0.500. The zero-order valence-electron chi connectivity index (χ0n) is 14.4. The zero-order chi connectivity index (χ0) is 18.7. The lowest BCUT2D eigenvalue weighted by Crippen LogP contribution is -2.38. The molecule has 1 aliphatic rings. The van der Waals surface area contributed by atoms with Gasteiger partial charge in [0.2, 0.25) is 0 Å². The molecule has 2 aromatic rings. The highest BCUT2D eigenvalue weighted by molar-refractivity contribution is 5.55. The zero-order valence-corrected chi connectivity index (χ0v) is 14.4. The third kappa shape index (κ3) is 3.66. The van der Waals surface area contributed by atoms with E-state index < -0.39 is 11.7 Å². The molecule has 0 amide bonds. The summed E-state index contributed by atoms with van der Waals surface area (Å²) in [5.41, 5.74) is 0.187. The summed E-state index contributed by atoms with van der Waals surface area (Å²) in [4.78, 5) is 2.00. The van der Waals surface area contributed by atoms with Crippen LogP contribution in [0.5, 0.6) is 0 Å². The van der Waals surface area contributed by atoms with E-state index in [1.165, 1.54) is 6.07 Å². The van der Waals surface area contributed by atoms with Gasteiger partial charge in [-0.2, -0.15) is 18.4 Å². The summed E-state index contributed by atoms with van der Waals surface area (Å²) in [6, 6.07) is 5.73. The van der Waals surface area contributed by atoms with Crippen LogP contribution in [0, 0.1) is 11.3 Å². The third-order valence-electron chi connectivity index (χ3n) is 5.04. The summed E-state index contributed by atoms with van der Waals surface area (Å²) in [6.07, 6.45) is 0.969. The molecule has 0 saturated heterocycles. The lowest BCUT2D eigenvalue weighted by atomic mass is 9.83. The van der Waals surface area contributed by atoms with Gasteiger partial charge < -0.3 is 4.90 Å². The van der Waals surface area contributed by atoms with Crippen molar-refractivity contribution in [2.24, 2.45) is 0 Å². The Labute approximate surface area is 149 Å². The van der Waals surface area contributed by atoms with E-state index in [1.54, 1.807) is 18.3 Å². The Morgan fingerprint density at radius 1 is 1.35 bits per heavy atom. The molecule has 1 N–H and O–H groups in total. The van der Waals surface area contributed by atoms with Crippen LogP contribution >= 0.6 is 0 Å². The van der Waals surface area contributed by atoms with Gasteiger partial charge in [-0.1, -0.05) is 11.6 Å². The highest BCUT2D eigenvalue weighted by atomic mass is 19.4. The Kier molecular flexibility index (Phi) is 5.16. The summed E-state index contributed by atoms with van der Waals surface area (Å²) in [6.45, 7) is 2.53. The van der Waals surface area contributed by atoms with Crippen LogP contribution in [0.1, 0.15) is 55.3 Å². The second kappa shape index (κ2) is 7.36. The Balaban J connectivity index is 1.88. The number of benzene rings is 1. The maximum absolute atomic E-state index is 13.3. The first-order valence-corrected chi connectivity index (χ1v) is 8.68. The van der Waals surface area contributed by atoms with Gasteiger partial charge in [0.1, 0.15) is 0 Å². The molecule has 1 saturated carbocycles. The van der Waals surface area contributed by atoms with Crippen LogP contribution in [0.15, 0.2) is 24.4 Å². The molecule has 0 spiro atoms. The predicted molar refractivity (Wildman–Crippen MR) is 90.6 cm³/mol. The van der Waals surface area contributed by atoms with Crippen molar-refractivity contribution in [2.75, 3.05) is 11.4 Å². The fourth-order valence-electron chi connectivity index (χ4n) is 3.82. The van der Waals surface area contributed by atoms with E-state index in [0.717, 1.165) is 37.4 Å². The quantitative estimate of drug-likeness (QED) is 0.882. The normalized spacial score (nSPS) is 20.6. The van der Waals surface area contributed by atoms with Crippen LogP contribution in [0.2, 0.25) is 0 Å². The van der Waals surface area contributed by atoms with Crippen LogP contribution < -0.4 is 4.90 Å². The maximum Gasteiger partial charge on any atom is 0.417 e. The van der Waals surface area contributed by atoms with E-state index in [0.29, 0.717) is 12.2 Å². The molecule has 2 atom stereocenters. The van der Waals surface area contributed by atoms with Crippen molar-refractivity contribution in [1.82, 2.24) is 15.4 Å². The van der Waals surface area contributed by atoms with Gasteiger partial charge in [-0.25, -0.2) is 0 Å². The number of nitrogens with one attached hydrogen (secondary N) is 1. The second-order valence-corrected chi connectivity index (χ2v) is 6.54. The van der Waals surface area contributed by atoms with Crippen molar-refractivity contribution in [3.05, 3.63) is 41.2 Å². The number of aromatic nitrogens is 3. The summed E-state index contributed by atoms with van der Waals surface area (Å²) in [7, 11) is 0. The van der Waals surface area contributed by atoms with E-state index in [1.807, 2.05) is 11.8 Å². The van der Waals surface area contributed by atoms with Crippen LogP contribution in [-0.2, 0) is 6.18 Å². The average Bonchev–Trinajstić information content (AvgIpc) is 3.16. The number of nitrogens with zero attached hydrogens (tertiary/aromatic N) is 4. The molecule has 1 aliphatic carbocycles. The van der Waals surface area contributed by atoms with E-state index in [9.17, 15) is 13.2 Å². The number of aromatic amines is 1. The number of nitriles is 1. The van der Waals surface area contributed by atoms with Crippen LogP contribution in [0.3, 0.4) is 0 Å². The van der Waals surface area contributed by atoms with Crippen molar-refractivity contribution >= 4 is 5.69 Å². The first kappa shape index (κ1) is 18.2. The van der Waals surface area contributed by atoms with Gasteiger partial charge >= 0.3 is 6.18 Å². The molecule has 0 radical (unpaired) electrons. The minimum Gasteiger partial charge on any atom is -0.369 e. The van der Waals surface area contributed by atoms with Gasteiger partial charge in [0.05, 0.1) is 22.9 Å². The Bertz CT molecular complexity index is 779. The molecular formula is C18H20F3N5. The first-order valence-electron chi connectivity index (χ1n) is 8.68. The van der Waals surface area contributed by atoms with Crippen molar-refractivity contribution in [1.29, 1.82) is 5.26 Å². The molecule has 3 rings (SSSR count). The lowest BCUT2D eigenvalue weighted by Gasteiger charge is -2.38. The van der Waals surface area contributed by atoms with Crippen LogP contribution in [-0.4, -0.2) is 28.0 Å². The minimum absolute atomic E-state index is 0.129. The number of hydrogen-bond donors (Lipinski definition) is 1. The smallest absolute Gasteiger partial charge is 0.369 e. The van der Waals surface area contributed by atoms with Crippen molar-refractivity contribution < 1.29 is 13.2 Å². The van der Waals surface area contributed by atoms with Crippen molar-refractivity contribution in [2.45, 2.75) is 50.7 Å². The molecule has 0 bridgehead atoms. The van der Waals surface area contributed by atoms with E-state index in [4.69, 9.17) is 5.26 Å². The molecular weight excluding hydrogens is 343 g/mol. The molecule has 0 aliphatic heterocycles. The molecule has 5 nitrogen and oxygen atoms in total. The van der Waals surface area contributed by atoms with Crippen LogP contribution in [0.4, 0.5) is 18.9 Å². The average molecular weight is 363 g/mol. The monoisotopic (exact) mass is 363 g/mol. The number of hydrogen-bond acceptors (Lipinski definition) is 4. The van der Waals surface area contributed by atoms with E-state index in [2.05, 4.69) is 15.4 Å². The fourth-order valence-corrected chi connectivity index (χ4v) is 3.82. The van der Waals surface area contributed by atoms with Gasteiger partial charge in [0.15, 0.2) is 0 Å². The van der Waals surface area contributed by atoms with Crippen molar-refractivity contribution in [3.8, 4) is 6.07 Å². The second-order valence-electron chi connectivity index (χ2n) is 6.54. The van der Waals surface area contributed by atoms with Gasteiger partial charge in [0.25, 0.3) is 0 Å². The molecule has 1 heterocycles. The first-order chi connectivity index (χ1) is 12.4. The Morgan fingerprint density at radius 3 is 2.77 bits per heavy atom. The Hall–Kier alpha value is -2.56. The third-order valence-corrected chi connectivity index (χ3v) is 5.04. The molecule has 2 unspecified atom stereocenters. The minimum atomic E-state index is -4.55. The standard InChI is InChI=1S/C18H20F3N5/c1-2-26(14-5-3-4-12(8-14)17-11-23-25-24-17)15-7-6-13(10-22)16(9-15)18(19,20)21/h6-7,9,11-12,14H,2-5,8H2,1H3,(H,23,24,25). The van der Waals surface area contributed by atoms with E-state index >= 15 is 0 Å². The highest BCUT2D eigenvalue weighted by Crippen LogP contribution is 2.38. The predicted octanol–water partition coefficient (Wildman–Crippen LogP) is 4.25. The van der Waals surface area contributed by atoms with Gasteiger partial charge in [0, 0.05) is 30.4 Å². The van der Waals surface area contributed by atoms with Crippen LogP contribution in [0.25, 0.3) is 0 Å². The number of alkyl halides is 3. The molecule has 138 valence electrons. The largest absolute Gasteiger partial charge is 0.417 e. The maximum atomic E-state index is 13.3. The molecule has 26 heavy (non-hydrogen) atoms. The number of H-pyrrole nitrogens is 1. The Morgan fingerprint density at radius 2 is 2.15 bits per heavy atom. The number of anilines is 1. The van der Waals surface area contributed by atoms with Crippen molar-refractivity contribution in [3.63, 3.8) is 0 Å².